The highest BCUT2D eigenvalue weighted by Gasteiger charge is 2.34. The molecule has 3 aromatic rings. The van der Waals surface area contributed by atoms with Crippen molar-refractivity contribution in [1.29, 1.82) is 0 Å². The first-order valence-electron chi connectivity index (χ1n) is 12.4. The number of carbonyl (C=O) groups is 1. The Balaban J connectivity index is 1.42. The SMILES string of the molecule is CC1C(=O)N(C)c2cnc(Nc3cccc(S(=O)(=O)N4CCN(C)CC4)c3)cc2N1Cc1ccccc1. The van der Waals surface area contributed by atoms with Crippen LogP contribution in [0.15, 0.2) is 71.8 Å². The predicted molar refractivity (Wildman–Crippen MR) is 146 cm³/mol. The second-order valence-electron chi connectivity index (χ2n) is 9.61. The summed E-state index contributed by atoms with van der Waals surface area (Å²) in [5, 5.41) is 3.27. The van der Waals surface area contributed by atoms with E-state index in [1.54, 1.807) is 40.6 Å². The molecule has 1 unspecified atom stereocenters. The predicted octanol–water partition coefficient (Wildman–Crippen LogP) is 3.13. The fourth-order valence-electron chi connectivity index (χ4n) is 4.80. The molecule has 0 aliphatic carbocycles. The van der Waals surface area contributed by atoms with Gasteiger partial charge in [0.15, 0.2) is 0 Å². The quantitative estimate of drug-likeness (QED) is 0.534. The highest BCUT2D eigenvalue weighted by molar-refractivity contribution is 7.89. The van der Waals surface area contributed by atoms with Crippen LogP contribution in [0.5, 0.6) is 0 Å². The summed E-state index contributed by atoms with van der Waals surface area (Å²) in [5.74, 6) is 0.577. The van der Waals surface area contributed by atoms with E-state index in [4.69, 9.17) is 0 Å². The van der Waals surface area contributed by atoms with Crippen LogP contribution in [0, 0.1) is 0 Å². The number of piperazine rings is 1. The first-order valence-corrected chi connectivity index (χ1v) is 13.8. The molecule has 10 heteroatoms. The number of nitrogens with one attached hydrogen (secondary N) is 1. The second-order valence-corrected chi connectivity index (χ2v) is 11.5. The van der Waals surface area contributed by atoms with E-state index in [-0.39, 0.29) is 16.8 Å². The fraction of sp³-hybridized carbons (Fsp3) is 0.333. The molecule has 5 rings (SSSR count). The van der Waals surface area contributed by atoms with Crippen LogP contribution in [0.2, 0.25) is 0 Å². The summed E-state index contributed by atoms with van der Waals surface area (Å²) in [4.78, 5) is 23.5. The van der Waals surface area contributed by atoms with Gasteiger partial charge in [-0.2, -0.15) is 4.31 Å². The molecule has 2 aliphatic heterocycles. The lowest BCUT2D eigenvalue weighted by atomic mass is 10.1. The van der Waals surface area contributed by atoms with E-state index in [9.17, 15) is 13.2 Å². The molecular formula is C27H32N6O3S. The molecule has 0 bridgehead atoms. The number of aromatic nitrogens is 1. The van der Waals surface area contributed by atoms with E-state index in [0.717, 1.165) is 16.9 Å². The molecule has 1 fully saturated rings. The monoisotopic (exact) mass is 520 g/mol. The fourth-order valence-corrected chi connectivity index (χ4v) is 6.27. The molecule has 194 valence electrons. The van der Waals surface area contributed by atoms with Crippen molar-refractivity contribution in [3.8, 4) is 0 Å². The summed E-state index contributed by atoms with van der Waals surface area (Å²) in [5.41, 5.74) is 3.35. The van der Waals surface area contributed by atoms with E-state index in [1.807, 2.05) is 56.4 Å². The van der Waals surface area contributed by atoms with Gasteiger partial charge in [0.1, 0.15) is 11.9 Å². The van der Waals surface area contributed by atoms with Crippen LogP contribution in [-0.2, 0) is 21.4 Å². The zero-order chi connectivity index (χ0) is 26.2. The number of pyridine rings is 1. The Morgan fingerprint density at radius 1 is 0.946 bits per heavy atom. The average molecular weight is 521 g/mol. The molecule has 1 amide bonds. The molecule has 1 saturated heterocycles. The van der Waals surface area contributed by atoms with Crippen molar-refractivity contribution in [2.45, 2.75) is 24.4 Å². The minimum atomic E-state index is -3.58. The average Bonchev–Trinajstić information content (AvgIpc) is 2.91. The number of amides is 1. The third kappa shape index (κ3) is 5.04. The van der Waals surface area contributed by atoms with Gasteiger partial charge in [0.05, 0.1) is 22.5 Å². The van der Waals surface area contributed by atoms with E-state index < -0.39 is 10.0 Å². The van der Waals surface area contributed by atoms with Gasteiger partial charge < -0.3 is 20.0 Å². The summed E-state index contributed by atoms with van der Waals surface area (Å²) < 4.78 is 28.0. The highest BCUT2D eigenvalue weighted by Crippen LogP contribution is 2.38. The molecule has 1 aromatic heterocycles. The Labute approximate surface area is 218 Å². The van der Waals surface area contributed by atoms with Gasteiger partial charge in [-0.3, -0.25) is 4.79 Å². The number of fused-ring (bicyclic) bond motifs is 1. The molecule has 0 saturated carbocycles. The van der Waals surface area contributed by atoms with Gasteiger partial charge in [-0.05, 0) is 37.7 Å². The van der Waals surface area contributed by atoms with Crippen molar-refractivity contribution in [3.63, 3.8) is 0 Å². The lowest BCUT2D eigenvalue weighted by Crippen LogP contribution is -2.50. The van der Waals surface area contributed by atoms with Gasteiger partial charge in [-0.25, -0.2) is 13.4 Å². The summed E-state index contributed by atoms with van der Waals surface area (Å²) in [6.07, 6.45) is 1.68. The number of anilines is 4. The molecule has 2 aromatic carbocycles. The number of carbonyl (C=O) groups excluding carboxylic acids is 1. The zero-order valence-electron chi connectivity index (χ0n) is 21.3. The number of hydrogen-bond acceptors (Lipinski definition) is 7. The Hall–Kier alpha value is -3.47. The summed E-state index contributed by atoms with van der Waals surface area (Å²) in [6.45, 7) is 4.87. The topological polar surface area (TPSA) is 89.1 Å². The zero-order valence-corrected chi connectivity index (χ0v) is 22.1. The van der Waals surface area contributed by atoms with Crippen molar-refractivity contribution in [3.05, 3.63) is 72.4 Å². The smallest absolute Gasteiger partial charge is 0.249 e. The molecular weight excluding hydrogens is 488 g/mol. The molecule has 1 N–H and O–H groups in total. The van der Waals surface area contributed by atoms with Crippen molar-refractivity contribution in [2.24, 2.45) is 0 Å². The number of nitrogens with zero attached hydrogens (tertiary/aromatic N) is 5. The molecule has 3 heterocycles. The first-order chi connectivity index (χ1) is 17.7. The largest absolute Gasteiger partial charge is 0.354 e. The summed E-state index contributed by atoms with van der Waals surface area (Å²) >= 11 is 0. The van der Waals surface area contributed by atoms with E-state index in [2.05, 4.69) is 20.1 Å². The minimum absolute atomic E-state index is 0.00718. The van der Waals surface area contributed by atoms with Crippen LogP contribution in [0.1, 0.15) is 12.5 Å². The molecule has 2 aliphatic rings. The Morgan fingerprint density at radius 2 is 1.68 bits per heavy atom. The highest BCUT2D eigenvalue weighted by atomic mass is 32.2. The maximum absolute atomic E-state index is 13.2. The molecule has 9 nitrogen and oxygen atoms in total. The Bertz CT molecular complexity index is 1390. The van der Waals surface area contributed by atoms with E-state index in [1.165, 1.54) is 0 Å². The third-order valence-corrected chi connectivity index (χ3v) is 8.98. The van der Waals surface area contributed by atoms with E-state index in [0.29, 0.717) is 44.2 Å². The van der Waals surface area contributed by atoms with Crippen LogP contribution in [-0.4, -0.2) is 74.8 Å². The van der Waals surface area contributed by atoms with Gasteiger partial charge in [-0.1, -0.05) is 36.4 Å². The lowest BCUT2D eigenvalue weighted by Gasteiger charge is -2.40. The number of likely N-dealkylation sites (N-methyl/N-ethyl adjacent to an activating group) is 2. The lowest BCUT2D eigenvalue weighted by molar-refractivity contribution is -0.119. The van der Waals surface area contributed by atoms with Crippen molar-refractivity contribution < 1.29 is 13.2 Å². The van der Waals surface area contributed by atoms with Crippen LogP contribution < -0.4 is 15.1 Å². The second kappa shape index (κ2) is 10.1. The molecule has 1 atom stereocenters. The maximum Gasteiger partial charge on any atom is 0.249 e. The number of rotatable bonds is 6. The van der Waals surface area contributed by atoms with Gasteiger partial charge >= 0.3 is 0 Å². The van der Waals surface area contributed by atoms with Crippen molar-refractivity contribution >= 4 is 38.8 Å². The summed E-state index contributed by atoms with van der Waals surface area (Å²) in [7, 11) is 0.174. The van der Waals surface area contributed by atoms with Gasteiger partial charge in [0, 0.05) is 51.5 Å². The minimum Gasteiger partial charge on any atom is -0.354 e. The number of sulfonamides is 1. The Kier molecular flexibility index (Phi) is 6.89. The molecule has 0 radical (unpaired) electrons. The van der Waals surface area contributed by atoms with E-state index >= 15 is 0 Å². The standard InChI is InChI=1S/C27H32N6O3S/c1-20-27(34)31(3)25-18-28-26(17-24(25)33(20)19-21-8-5-4-6-9-21)29-22-10-7-11-23(16-22)37(35,36)32-14-12-30(2)13-15-32/h4-11,16-18,20H,12-15,19H2,1-3H3,(H,28,29). The normalized spacial score (nSPS) is 19.1. The number of benzene rings is 2. The van der Waals surface area contributed by atoms with Crippen LogP contribution in [0.4, 0.5) is 22.9 Å². The van der Waals surface area contributed by atoms with Crippen molar-refractivity contribution in [2.75, 3.05) is 55.4 Å². The molecule has 37 heavy (non-hydrogen) atoms. The van der Waals surface area contributed by atoms with Crippen molar-refractivity contribution in [1.82, 2.24) is 14.2 Å². The van der Waals surface area contributed by atoms with Gasteiger partial charge in [0.25, 0.3) is 0 Å². The first kappa shape index (κ1) is 25.2. The molecule has 0 spiro atoms. The van der Waals surface area contributed by atoms with Gasteiger partial charge in [0.2, 0.25) is 15.9 Å². The van der Waals surface area contributed by atoms with Crippen LogP contribution in [0.25, 0.3) is 0 Å². The third-order valence-electron chi connectivity index (χ3n) is 7.09. The number of hydrogen-bond donors (Lipinski definition) is 1. The summed E-state index contributed by atoms with van der Waals surface area (Å²) in [6, 6.07) is 18.4. The van der Waals surface area contributed by atoms with Crippen LogP contribution in [0.3, 0.4) is 0 Å². The Morgan fingerprint density at radius 3 is 2.41 bits per heavy atom. The van der Waals surface area contributed by atoms with Crippen LogP contribution >= 0.6 is 0 Å². The maximum atomic E-state index is 13.2. The van der Waals surface area contributed by atoms with Gasteiger partial charge in [-0.15, -0.1) is 0 Å².